The van der Waals surface area contributed by atoms with Gasteiger partial charge in [-0.05, 0) is 63.7 Å². The number of halogens is 1. The first-order valence-corrected chi connectivity index (χ1v) is 15.5. The largest absolute Gasteiger partial charge is 0.456 e. The van der Waals surface area contributed by atoms with Crippen molar-refractivity contribution in [2.75, 3.05) is 0 Å². The first-order chi connectivity index (χ1) is 22.7. The quantitative estimate of drug-likeness (QED) is 0.199. The fourth-order valence-corrected chi connectivity index (χ4v) is 6.59. The van der Waals surface area contributed by atoms with Gasteiger partial charge in [-0.3, -0.25) is 0 Å². The number of rotatable bonds is 4. The monoisotopic (exact) mass is 609 g/mol. The van der Waals surface area contributed by atoms with E-state index < -0.39 is 0 Å². The molecule has 46 heavy (non-hydrogen) atoms. The molecule has 0 N–H and O–H groups in total. The topological polar surface area (TPSA) is 51.8 Å². The van der Waals surface area contributed by atoms with Crippen molar-refractivity contribution in [3.63, 3.8) is 0 Å². The molecule has 4 nitrogen and oxygen atoms in total. The molecule has 7 aromatic carbocycles. The van der Waals surface area contributed by atoms with E-state index in [2.05, 4.69) is 78.9 Å². The molecule has 9 rings (SSSR count). The van der Waals surface area contributed by atoms with Crippen LogP contribution < -0.4 is 0 Å². The van der Waals surface area contributed by atoms with E-state index in [4.69, 9.17) is 31.0 Å². The number of aromatic nitrogens is 3. The standard InChI is InChI=1S/C41H24ClN3O/c42-35-22-21-32(30-11-4-5-12-31(30)35)40-43-39(29-20-19-27-23-26(17-18-28(27)24-29)25-9-2-1-3-10-25)44-41(45-40)34-14-8-16-37-38(34)33-13-6-7-15-36(33)46-37/h1-24H. The van der Waals surface area contributed by atoms with Gasteiger partial charge in [0.15, 0.2) is 17.5 Å². The van der Waals surface area contributed by atoms with Gasteiger partial charge in [-0.2, -0.15) is 0 Å². The lowest BCUT2D eigenvalue weighted by molar-refractivity contribution is 0.669. The summed E-state index contributed by atoms with van der Waals surface area (Å²) in [6.45, 7) is 0. The highest BCUT2D eigenvalue weighted by molar-refractivity contribution is 6.36. The average molecular weight is 610 g/mol. The highest BCUT2D eigenvalue weighted by atomic mass is 35.5. The molecule has 0 bridgehead atoms. The van der Waals surface area contributed by atoms with Crippen LogP contribution in [0.5, 0.6) is 0 Å². The number of fused-ring (bicyclic) bond motifs is 5. The summed E-state index contributed by atoms with van der Waals surface area (Å²) in [5, 5.41) is 6.89. The van der Waals surface area contributed by atoms with E-state index in [-0.39, 0.29) is 0 Å². The van der Waals surface area contributed by atoms with Gasteiger partial charge in [-0.1, -0.05) is 121 Å². The molecular weight excluding hydrogens is 586 g/mol. The maximum Gasteiger partial charge on any atom is 0.164 e. The van der Waals surface area contributed by atoms with Crippen molar-refractivity contribution >= 4 is 55.1 Å². The minimum Gasteiger partial charge on any atom is -0.456 e. The van der Waals surface area contributed by atoms with Crippen LogP contribution in [0.3, 0.4) is 0 Å². The van der Waals surface area contributed by atoms with Crippen molar-refractivity contribution in [1.29, 1.82) is 0 Å². The Morgan fingerprint density at radius 3 is 1.87 bits per heavy atom. The van der Waals surface area contributed by atoms with Gasteiger partial charge in [0.1, 0.15) is 11.2 Å². The van der Waals surface area contributed by atoms with Crippen LogP contribution in [-0.2, 0) is 0 Å². The number of hydrogen-bond donors (Lipinski definition) is 0. The Bertz CT molecular complexity index is 2610. The molecule has 0 saturated carbocycles. The highest BCUT2D eigenvalue weighted by Crippen LogP contribution is 2.38. The number of benzene rings is 7. The lowest BCUT2D eigenvalue weighted by Crippen LogP contribution is -2.01. The summed E-state index contributed by atoms with van der Waals surface area (Å²) < 4.78 is 6.22. The van der Waals surface area contributed by atoms with Gasteiger partial charge in [0.05, 0.1) is 0 Å². The third kappa shape index (κ3) is 4.42. The molecule has 0 aliphatic rings. The zero-order chi connectivity index (χ0) is 30.6. The zero-order valence-electron chi connectivity index (χ0n) is 24.5. The van der Waals surface area contributed by atoms with E-state index in [1.54, 1.807) is 0 Å². The Hall–Kier alpha value is -5.84. The SMILES string of the molecule is Clc1ccc(-c2nc(-c3ccc4cc(-c5ccccc5)ccc4c3)nc(-c3cccc4oc5ccccc5c34)n2)c2ccccc12. The molecule has 0 aliphatic heterocycles. The van der Waals surface area contributed by atoms with Crippen molar-refractivity contribution in [2.45, 2.75) is 0 Å². The first-order valence-electron chi connectivity index (χ1n) is 15.1. The lowest BCUT2D eigenvalue weighted by atomic mass is 9.99. The van der Waals surface area contributed by atoms with E-state index >= 15 is 0 Å². The van der Waals surface area contributed by atoms with Crippen molar-refractivity contribution in [2.24, 2.45) is 0 Å². The van der Waals surface area contributed by atoms with Crippen LogP contribution in [0, 0.1) is 0 Å². The van der Waals surface area contributed by atoms with Crippen molar-refractivity contribution in [1.82, 2.24) is 15.0 Å². The van der Waals surface area contributed by atoms with Crippen LogP contribution in [-0.4, -0.2) is 15.0 Å². The minimum atomic E-state index is 0.579. The van der Waals surface area contributed by atoms with Gasteiger partial charge in [-0.25, -0.2) is 15.0 Å². The number of furan rings is 1. The Balaban J connectivity index is 1.27. The second-order valence-electron chi connectivity index (χ2n) is 11.4. The van der Waals surface area contributed by atoms with E-state index in [1.807, 2.05) is 66.7 Å². The van der Waals surface area contributed by atoms with Crippen molar-refractivity contribution in [3.05, 3.63) is 151 Å². The zero-order valence-corrected chi connectivity index (χ0v) is 25.2. The summed E-state index contributed by atoms with van der Waals surface area (Å²) in [6.07, 6.45) is 0. The van der Waals surface area contributed by atoms with Crippen LogP contribution in [0.4, 0.5) is 0 Å². The molecule has 5 heteroatoms. The highest BCUT2D eigenvalue weighted by Gasteiger charge is 2.19. The van der Waals surface area contributed by atoms with E-state index in [0.717, 1.165) is 60.2 Å². The van der Waals surface area contributed by atoms with Crippen LogP contribution in [0.2, 0.25) is 5.02 Å². The summed E-state index contributed by atoms with van der Waals surface area (Å²) in [5.41, 5.74) is 6.68. The van der Waals surface area contributed by atoms with Gasteiger partial charge < -0.3 is 4.42 Å². The van der Waals surface area contributed by atoms with Crippen molar-refractivity contribution in [3.8, 4) is 45.3 Å². The second-order valence-corrected chi connectivity index (χ2v) is 11.8. The van der Waals surface area contributed by atoms with Gasteiger partial charge in [-0.15, -0.1) is 0 Å². The van der Waals surface area contributed by atoms with Crippen molar-refractivity contribution < 1.29 is 4.42 Å². The molecule has 0 fully saturated rings. The maximum absolute atomic E-state index is 6.62. The molecular formula is C41H24ClN3O. The molecule has 0 radical (unpaired) electrons. The Morgan fingerprint density at radius 1 is 0.413 bits per heavy atom. The lowest BCUT2D eigenvalue weighted by Gasteiger charge is -2.12. The predicted octanol–water partition coefficient (Wildman–Crippen LogP) is 11.4. The third-order valence-electron chi connectivity index (χ3n) is 8.60. The second kappa shape index (κ2) is 10.7. The Morgan fingerprint density at radius 2 is 1.04 bits per heavy atom. The van der Waals surface area contributed by atoms with Gasteiger partial charge >= 0.3 is 0 Å². The fourth-order valence-electron chi connectivity index (χ4n) is 6.36. The summed E-state index contributed by atoms with van der Waals surface area (Å²) in [6, 6.07) is 49.5. The minimum absolute atomic E-state index is 0.579. The van der Waals surface area contributed by atoms with Gasteiger partial charge in [0.2, 0.25) is 0 Å². The number of hydrogen-bond acceptors (Lipinski definition) is 4. The number of nitrogens with zero attached hydrogens (tertiary/aromatic N) is 3. The molecule has 0 unspecified atom stereocenters. The molecule has 0 atom stereocenters. The predicted molar refractivity (Wildman–Crippen MR) is 189 cm³/mol. The van der Waals surface area contributed by atoms with E-state index in [9.17, 15) is 0 Å². The fraction of sp³-hybridized carbons (Fsp3) is 0. The van der Waals surface area contributed by atoms with Gasteiger partial charge in [0.25, 0.3) is 0 Å². The number of para-hydroxylation sites is 1. The van der Waals surface area contributed by atoms with Crippen LogP contribution >= 0.6 is 11.6 Å². The first kappa shape index (κ1) is 26.6. The average Bonchev–Trinajstić information content (AvgIpc) is 3.51. The molecule has 0 saturated heterocycles. The third-order valence-corrected chi connectivity index (χ3v) is 8.93. The molecule has 0 spiro atoms. The summed E-state index contributed by atoms with van der Waals surface area (Å²) in [7, 11) is 0. The normalized spacial score (nSPS) is 11.6. The van der Waals surface area contributed by atoms with E-state index in [0.29, 0.717) is 22.5 Å². The molecule has 216 valence electrons. The van der Waals surface area contributed by atoms with E-state index in [1.165, 1.54) is 11.1 Å². The molecule has 9 aromatic rings. The van der Waals surface area contributed by atoms with Crippen LogP contribution in [0.15, 0.2) is 150 Å². The molecule has 0 amide bonds. The summed E-state index contributed by atoms with van der Waals surface area (Å²) >= 11 is 6.62. The molecule has 0 aliphatic carbocycles. The smallest absolute Gasteiger partial charge is 0.164 e. The van der Waals surface area contributed by atoms with Crippen LogP contribution in [0.25, 0.3) is 88.8 Å². The van der Waals surface area contributed by atoms with Gasteiger partial charge in [0, 0.05) is 37.9 Å². The summed E-state index contributed by atoms with van der Waals surface area (Å²) in [4.78, 5) is 15.3. The Labute approximate surface area is 269 Å². The molecule has 2 aromatic heterocycles. The maximum atomic E-state index is 6.62. The Kier molecular flexibility index (Phi) is 6.15. The van der Waals surface area contributed by atoms with Crippen LogP contribution in [0.1, 0.15) is 0 Å². The molecule has 2 heterocycles. The summed E-state index contributed by atoms with van der Waals surface area (Å²) in [5.74, 6) is 1.76.